The van der Waals surface area contributed by atoms with E-state index < -0.39 is 12.0 Å². The summed E-state index contributed by atoms with van der Waals surface area (Å²) < 4.78 is 10.7. The number of carboxylic acid groups (broad SMARTS) is 1. The fourth-order valence-corrected chi connectivity index (χ4v) is 5.21. The van der Waals surface area contributed by atoms with Crippen LogP contribution in [-0.4, -0.2) is 66.8 Å². The van der Waals surface area contributed by atoms with Gasteiger partial charge in [-0.3, -0.25) is 14.4 Å². The zero-order valence-corrected chi connectivity index (χ0v) is 25.4. The molecule has 0 saturated carbocycles. The summed E-state index contributed by atoms with van der Waals surface area (Å²) in [5.41, 5.74) is 3.61. The maximum Gasteiger partial charge on any atom is 0.305 e. The van der Waals surface area contributed by atoms with Crippen molar-refractivity contribution in [1.29, 1.82) is 0 Å². The lowest BCUT2D eigenvalue weighted by Crippen LogP contribution is -2.35. The number of hydrogen-bond donors (Lipinski definition) is 3. The van der Waals surface area contributed by atoms with Gasteiger partial charge in [0.2, 0.25) is 0 Å². The smallest absolute Gasteiger partial charge is 0.305 e. The Morgan fingerprint density at radius 3 is 2.04 bits per heavy atom. The van der Waals surface area contributed by atoms with E-state index in [1.165, 1.54) is 4.90 Å². The molecule has 1 atom stereocenters. The molecule has 4 rings (SSSR count). The number of rotatable bonds is 15. The van der Waals surface area contributed by atoms with Crippen LogP contribution in [0.4, 0.5) is 0 Å². The Balaban J connectivity index is 1.64. The summed E-state index contributed by atoms with van der Waals surface area (Å²) in [7, 11) is 3.10. The molecule has 0 aromatic heterocycles. The van der Waals surface area contributed by atoms with Crippen molar-refractivity contribution in [2.45, 2.75) is 25.3 Å². The van der Waals surface area contributed by atoms with E-state index in [9.17, 15) is 24.6 Å². The van der Waals surface area contributed by atoms with Gasteiger partial charge < -0.3 is 29.9 Å². The normalized spacial score (nSPS) is 11.4. The van der Waals surface area contributed by atoms with Crippen LogP contribution in [0, 0.1) is 0 Å². The highest BCUT2D eigenvalue weighted by molar-refractivity contribution is 6.06. The van der Waals surface area contributed by atoms with Crippen molar-refractivity contribution in [1.82, 2.24) is 10.2 Å². The zero-order chi connectivity index (χ0) is 32.2. The Labute approximate surface area is 263 Å². The van der Waals surface area contributed by atoms with Crippen molar-refractivity contribution in [2.75, 3.05) is 33.9 Å². The van der Waals surface area contributed by atoms with Crippen molar-refractivity contribution >= 4 is 17.8 Å². The van der Waals surface area contributed by atoms with Crippen LogP contribution in [0.5, 0.6) is 11.5 Å². The minimum atomic E-state index is -1.01. The number of nitrogens with one attached hydrogen (secondary N) is 1. The molecule has 4 aromatic rings. The highest BCUT2D eigenvalue weighted by Crippen LogP contribution is 2.30. The molecule has 0 aliphatic heterocycles. The Bertz CT molecular complexity index is 1610. The molecule has 0 saturated heterocycles. The first-order valence-corrected chi connectivity index (χ1v) is 14.7. The van der Waals surface area contributed by atoms with Gasteiger partial charge in [0.15, 0.2) is 11.5 Å². The molecule has 4 aromatic carbocycles. The SMILES string of the molecule is COc1ccc(CCN(CCC(=O)O)C(=O)c2ccccc2-c2ccccc2C(=O)NC(CCO)c2ccccc2)cc1OC. The molecule has 0 spiro atoms. The number of benzene rings is 4. The number of aliphatic hydroxyl groups excluding tert-OH is 1. The summed E-state index contributed by atoms with van der Waals surface area (Å²) in [5, 5.41) is 22.1. The minimum Gasteiger partial charge on any atom is -0.493 e. The summed E-state index contributed by atoms with van der Waals surface area (Å²) >= 11 is 0. The number of aliphatic hydroxyl groups is 1. The summed E-state index contributed by atoms with van der Waals surface area (Å²) in [6.45, 7) is 0.171. The Hall–Kier alpha value is -5.15. The van der Waals surface area contributed by atoms with Crippen molar-refractivity contribution in [3.63, 3.8) is 0 Å². The molecule has 9 nitrogen and oxygen atoms in total. The third-order valence-electron chi connectivity index (χ3n) is 7.55. The maximum atomic E-state index is 14.1. The molecule has 234 valence electrons. The Morgan fingerprint density at radius 1 is 0.778 bits per heavy atom. The van der Waals surface area contributed by atoms with Crippen LogP contribution in [0.3, 0.4) is 0 Å². The van der Waals surface area contributed by atoms with Crippen LogP contribution in [0.2, 0.25) is 0 Å². The highest BCUT2D eigenvalue weighted by Gasteiger charge is 2.24. The van der Waals surface area contributed by atoms with Gasteiger partial charge in [0, 0.05) is 30.8 Å². The third kappa shape index (κ3) is 8.49. The van der Waals surface area contributed by atoms with Crippen LogP contribution < -0.4 is 14.8 Å². The molecule has 9 heteroatoms. The van der Waals surface area contributed by atoms with E-state index in [1.807, 2.05) is 42.5 Å². The lowest BCUT2D eigenvalue weighted by atomic mass is 9.93. The van der Waals surface area contributed by atoms with Gasteiger partial charge in [-0.15, -0.1) is 0 Å². The lowest BCUT2D eigenvalue weighted by Gasteiger charge is -2.24. The average Bonchev–Trinajstić information content (AvgIpc) is 3.07. The van der Waals surface area contributed by atoms with E-state index in [0.717, 1.165) is 11.1 Å². The number of amides is 2. The maximum absolute atomic E-state index is 14.1. The number of carboxylic acids is 1. The third-order valence-corrected chi connectivity index (χ3v) is 7.55. The van der Waals surface area contributed by atoms with Crippen LogP contribution >= 0.6 is 0 Å². The molecule has 0 aliphatic carbocycles. The number of aliphatic carboxylic acids is 1. The van der Waals surface area contributed by atoms with Crippen LogP contribution in [0.15, 0.2) is 97.1 Å². The number of carbonyl (C=O) groups excluding carboxylic acids is 2. The number of carbonyl (C=O) groups is 3. The molecule has 2 amide bonds. The number of nitrogens with zero attached hydrogens (tertiary/aromatic N) is 1. The van der Waals surface area contributed by atoms with Gasteiger partial charge >= 0.3 is 5.97 Å². The fourth-order valence-electron chi connectivity index (χ4n) is 5.21. The Kier molecular flexibility index (Phi) is 11.7. The van der Waals surface area contributed by atoms with E-state index in [0.29, 0.717) is 46.6 Å². The van der Waals surface area contributed by atoms with Gasteiger partial charge in [0.1, 0.15) is 0 Å². The molecule has 0 heterocycles. The first-order chi connectivity index (χ1) is 21.9. The second kappa shape index (κ2) is 16.1. The predicted molar refractivity (Wildman–Crippen MR) is 172 cm³/mol. The van der Waals surface area contributed by atoms with Gasteiger partial charge in [-0.2, -0.15) is 0 Å². The first kappa shape index (κ1) is 32.8. The summed E-state index contributed by atoms with van der Waals surface area (Å²) in [4.78, 5) is 40.8. The predicted octanol–water partition coefficient (Wildman–Crippen LogP) is 5.38. The average molecular weight is 611 g/mol. The summed E-state index contributed by atoms with van der Waals surface area (Å²) in [5.74, 6) is -0.545. The number of ether oxygens (including phenoxy) is 2. The topological polar surface area (TPSA) is 125 Å². The largest absolute Gasteiger partial charge is 0.493 e. The minimum absolute atomic E-state index is 0.0117. The Morgan fingerprint density at radius 2 is 1.40 bits per heavy atom. The quantitative estimate of drug-likeness (QED) is 0.165. The zero-order valence-electron chi connectivity index (χ0n) is 25.4. The van der Waals surface area contributed by atoms with Gasteiger partial charge in [-0.25, -0.2) is 0 Å². The highest BCUT2D eigenvalue weighted by atomic mass is 16.5. The van der Waals surface area contributed by atoms with E-state index in [4.69, 9.17) is 9.47 Å². The molecular formula is C36H38N2O7. The van der Waals surface area contributed by atoms with Gasteiger partial charge in [0.05, 0.1) is 26.7 Å². The van der Waals surface area contributed by atoms with E-state index in [2.05, 4.69) is 5.32 Å². The van der Waals surface area contributed by atoms with Gasteiger partial charge in [-0.05, 0) is 59.4 Å². The second-order valence-electron chi connectivity index (χ2n) is 10.4. The standard InChI is InChI=1S/C36H38N2O7/c1-44-32-17-16-25(24-33(32)45-2)18-21-38(22-19-34(40)41)36(43)30-15-9-7-13-28(30)27-12-6-8-14-29(27)35(42)37-31(20-23-39)26-10-4-3-5-11-26/h3-17,24,31,39H,18-23H2,1-2H3,(H,37,42)(H,40,41). The lowest BCUT2D eigenvalue weighted by molar-refractivity contribution is -0.137. The molecule has 0 aliphatic rings. The van der Waals surface area contributed by atoms with E-state index in [-0.39, 0.29) is 37.9 Å². The number of methoxy groups -OCH3 is 2. The fraction of sp³-hybridized carbons (Fsp3) is 0.250. The molecule has 0 bridgehead atoms. The van der Waals surface area contributed by atoms with Crippen molar-refractivity contribution in [3.05, 3.63) is 119 Å². The number of hydrogen-bond acceptors (Lipinski definition) is 6. The van der Waals surface area contributed by atoms with Gasteiger partial charge in [0.25, 0.3) is 11.8 Å². The van der Waals surface area contributed by atoms with Crippen LogP contribution in [0.25, 0.3) is 11.1 Å². The summed E-state index contributed by atoms with van der Waals surface area (Å²) in [6.07, 6.45) is 0.578. The second-order valence-corrected chi connectivity index (χ2v) is 10.4. The van der Waals surface area contributed by atoms with Crippen molar-refractivity contribution in [3.8, 4) is 22.6 Å². The van der Waals surface area contributed by atoms with E-state index in [1.54, 1.807) is 68.8 Å². The molecule has 3 N–H and O–H groups in total. The van der Waals surface area contributed by atoms with Gasteiger partial charge in [-0.1, -0.05) is 72.8 Å². The van der Waals surface area contributed by atoms with E-state index >= 15 is 0 Å². The molecule has 45 heavy (non-hydrogen) atoms. The van der Waals surface area contributed by atoms with Crippen LogP contribution in [-0.2, 0) is 11.2 Å². The molecule has 0 fully saturated rings. The first-order valence-electron chi connectivity index (χ1n) is 14.7. The van der Waals surface area contributed by atoms with Crippen molar-refractivity contribution < 1.29 is 34.1 Å². The molecular weight excluding hydrogens is 572 g/mol. The molecule has 1 unspecified atom stereocenters. The molecule has 0 radical (unpaired) electrons. The van der Waals surface area contributed by atoms with Crippen molar-refractivity contribution in [2.24, 2.45) is 0 Å². The van der Waals surface area contributed by atoms with Crippen LogP contribution in [0.1, 0.15) is 50.7 Å². The summed E-state index contributed by atoms with van der Waals surface area (Å²) in [6, 6.07) is 28.6. The monoisotopic (exact) mass is 610 g/mol.